The topological polar surface area (TPSA) is 56.1 Å². The number of nitrogens with one attached hydrogen (secondary N) is 1. The molecule has 0 aliphatic rings. The van der Waals surface area contributed by atoms with Crippen LogP contribution in [0, 0.1) is 5.82 Å². The van der Waals surface area contributed by atoms with Crippen LogP contribution in [0.5, 0.6) is 5.75 Å². The largest absolute Gasteiger partial charge is 0.497 e. The zero-order valence-electron chi connectivity index (χ0n) is 14.1. The third kappa shape index (κ3) is 4.40. The number of aromatic nitrogens is 2. The van der Waals surface area contributed by atoms with Gasteiger partial charge in [-0.05, 0) is 48.5 Å². The van der Waals surface area contributed by atoms with Gasteiger partial charge in [-0.3, -0.25) is 4.79 Å². The van der Waals surface area contributed by atoms with Crippen molar-refractivity contribution in [3.05, 3.63) is 76.8 Å². The summed E-state index contributed by atoms with van der Waals surface area (Å²) in [7, 11) is 1.52. The minimum Gasteiger partial charge on any atom is -0.497 e. The molecule has 0 aliphatic heterocycles. The molecule has 0 aliphatic carbocycles. The molecule has 1 amide bonds. The molecular weight excluding hydrogens is 357 g/mol. The minimum absolute atomic E-state index is 0.233. The first-order valence-electron chi connectivity index (χ1n) is 7.98. The van der Waals surface area contributed by atoms with Crippen LogP contribution in [-0.2, 0) is 6.42 Å². The summed E-state index contributed by atoms with van der Waals surface area (Å²) in [5, 5.41) is 7.69. The number of amides is 1. The number of hydrogen-bond donors (Lipinski definition) is 1. The first-order chi connectivity index (χ1) is 12.5. The summed E-state index contributed by atoms with van der Waals surface area (Å²) < 4.78 is 19.8. The molecule has 0 saturated carbocycles. The van der Waals surface area contributed by atoms with Gasteiger partial charge in [-0.15, -0.1) is 0 Å². The van der Waals surface area contributed by atoms with E-state index in [0.717, 1.165) is 11.4 Å². The van der Waals surface area contributed by atoms with E-state index in [-0.39, 0.29) is 11.7 Å². The van der Waals surface area contributed by atoms with Crippen LogP contribution >= 0.6 is 11.6 Å². The first kappa shape index (κ1) is 17.9. The summed E-state index contributed by atoms with van der Waals surface area (Å²) in [6.45, 7) is 0.425. The van der Waals surface area contributed by atoms with E-state index in [9.17, 15) is 9.18 Å². The molecule has 5 nitrogen and oxygen atoms in total. The number of hydrogen-bond acceptors (Lipinski definition) is 3. The van der Waals surface area contributed by atoms with Crippen molar-refractivity contribution in [3.63, 3.8) is 0 Å². The van der Waals surface area contributed by atoms with Gasteiger partial charge in [0.1, 0.15) is 11.6 Å². The zero-order chi connectivity index (χ0) is 18.5. The molecular formula is C19H17ClFN3O2. The summed E-state index contributed by atoms with van der Waals surface area (Å²) in [6.07, 6.45) is 2.36. The standard InChI is InChI=1S/C19H17ClFN3O2/c1-26-18-11-13(10-14(20)12-18)19(25)22-8-6-16-7-9-24(23-16)17-4-2-15(21)3-5-17/h2-5,7,9-12H,6,8H2,1H3,(H,22,25). The van der Waals surface area contributed by atoms with E-state index < -0.39 is 0 Å². The van der Waals surface area contributed by atoms with Gasteiger partial charge in [0, 0.05) is 29.7 Å². The SMILES string of the molecule is COc1cc(Cl)cc(C(=O)NCCc2ccn(-c3ccc(F)cc3)n2)c1. The van der Waals surface area contributed by atoms with Gasteiger partial charge in [-0.25, -0.2) is 9.07 Å². The second-order valence-electron chi connectivity index (χ2n) is 5.61. The number of carbonyl (C=O) groups is 1. The lowest BCUT2D eigenvalue weighted by Gasteiger charge is -2.07. The van der Waals surface area contributed by atoms with Crippen molar-refractivity contribution in [2.75, 3.05) is 13.7 Å². The van der Waals surface area contributed by atoms with Crippen LogP contribution < -0.4 is 10.1 Å². The van der Waals surface area contributed by atoms with Crippen molar-refractivity contribution < 1.29 is 13.9 Å². The summed E-state index contributed by atoms with van der Waals surface area (Å²) in [6, 6.07) is 12.8. The predicted molar refractivity (Wildman–Crippen MR) is 97.6 cm³/mol. The predicted octanol–water partition coefficient (Wildman–Crippen LogP) is 3.65. The van der Waals surface area contributed by atoms with Crippen molar-refractivity contribution >= 4 is 17.5 Å². The molecule has 7 heteroatoms. The number of rotatable bonds is 6. The average Bonchev–Trinajstić information content (AvgIpc) is 3.10. The smallest absolute Gasteiger partial charge is 0.251 e. The highest BCUT2D eigenvalue weighted by atomic mass is 35.5. The maximum atomic E-state index is 13.0. The molecule has 0 spiro atoms. The van der Waals surface area contributed by atoms with Gasteiger partial charge in [0.05, 0.1) is 18.5 Å². The van der Waals surface area contributed by atoms with E-state index in [1.54, 1.807) is 41.2 Å². The number of carbonyl (C=O) groups excluding carboxylic acids is 1. The Morgan fingerprint density at radius 1 is 1.23 bits per heavy atom. The second kappa shape index (κ2) is 8.01. The molecule has 0 unspecified atom stereocenters. The number of benzene rings is 2. The van der Waals surface area contributed by atoms with Gasteiger partial charge in [0.2, 0.25) is 0 Å². The maximum absolute atomic E-state index is 13.0. The summed E-state index contributed by atoms with van der Waals surface area (Å²) in [4.78, 5) is 12.2. The molecule has 0 atom stereocenters. The maximum Gasteiger partial charge on any atom is 0.251 e. The molecule has 0 saturated heterocycles. The Hall–Kier alpha value is -2.86. The lowest BCUT2D eigenvalue weighted by molar-refractivity contribution is 0.0953. The molecule has 1 aromatic heterocycles. The normalized spacial score (nSPS) is 10.6. The van der Waals surface area contributed by atoms with Crippen LogP contribution in [0.25, 0.3) is 5.69 Å². The fraction of sp³-hybridized carbons (Fsp3) is 0.158. The van der Waals surface area contributed by atoms with Crippen LogP contribution in [0.15, 0.2) is 54.7 Å². The highest BCUT2D eigenvalue weighted by Gasteiger charge is 2.09. The molecule has 0 fully saturated rings. The van der Waals surface area contributed by atoms with Gasteiger partial charge in [0.15, 0.2) is 0 Å². The Labute approximate surface area is 155 Å². The Morgan fingerprint density at radius 2 is 2.00 bits per heavy atom. The average molecular weight is 374 g/mol. The van der Waals surface area contributed by atoms with Crippen LogP contribution in [0.2, 0.25) is 5.02 Å². The summed E-state index contributed by atoms with van der Waals surface area (Å²) in [5.41, 5.74) is 2.03. The highest BCUT2D eigenvalue weighted by molar-refractivity contribution is 6.31. The van der Waals surface area contributed by atoms with E-state index >= 15 is 0 Å². The summed E-state index contributed by atoms with van der Waals surface area (Å²) in [5.74, 6) is 0.00551. The van der Waals surface area contributed by atoms with Crippen LogP contribution in [0.4, 0.5) is 4.39 Å². The fourth-order valence-electron chi connectivity index (χ4n) is 2.45. The van der Waals surface area contributed by atoms with Crippen molar-refractivity contribution in [1.82, 2.24) is 15.1 Å². The third-order valence-corrected chi connectivity index (χ3v) is 3.99. The monoisotopic (exact) mass is 373 g/mol. The van der Waals surface area contributed by atoms with Crippen molar-refractivity contribution in [2.45, 2.75) is 6.42 Å². The fourth-order valence-corrected chi connectivity index (χ4v) is 2.68. The molecule has 0 radical (unpaired) electrons. The lowest BCUT2D eigenvalue weighted by Crippen LogP contribution is -2.25. The Morgan fingerprint density at radius 3 is 2.73 bits per heavy atom. The zero-order valence-corrected chi connectivity index (χ0v) is 14.8. The van der Waals surface area contributed by atoms with E-state index in [1.807, 2.05) is 6.07 Å². The second-order valence-corrected chi connectivity index (χ2v) is 6.05. The molecule has 1 N–H and O–H groups in total. The number of methoxy groups -OCH3 is 1. The van der Waals surface area contributed by atoms with Crippen LogP contribution in [0.1, 0.15) is 16.1 Å². The van der Waals surface area contributed by atoms with Gasteiger partial charge in [0.25, 0.3) is 5.91 Å². The van der Waals surface area contributed by atoms with Crippen molar-refractivity contribution in [1.29, 1.82) is 0 Å². The summed E-state index contributed by atoms with van der Waals surface area (Å²) >= 11 is 5.98. The third-order valence-electron chi connectivity index (χ3n) is 3.77. The van der Waals surface area contributed by atoms with Crippen LogP contribution in [0.3, 0.4) is 0 Å². The molecule has 26 heavy (non-hydrogen) atoms. The molecule has 3 aromatic rings. The van der Waals surface area contributed by atoms with Crippen molar-refractivity contribution in [3.8, 4) is 11.4 Å². The number of halogens is 2. The molecule has 3 rings (SSSR count). The molecule has 1 heterocycles. The van der Waals surface area contributed by atoms with Crippen LogP contribution in [-0.4, -0.2) is 29.3 Å². The van der Waals surface area contributed by atoms with E-state index in [0.29, 0.717) is 29.3 Å². The van der Waals surface area contributed by atoms with Gasteiger partial charge < -0.3 is 10.1 Å². The number of nitrogens with zero attached hydrogens (tertiary/aromatic N) is 2. The first-order valence-corrected chi connectivity index (χ1v) is 8.36. The molecule has 134 valence electrons. The lowest BCUT2D eigenvalue weighted by atomic mass is 10.2. The molecule has 0 bridgehead atoms. The molecule has 2 aromatic carbocycles. The Balaban J connectivity index is 1.57. The van der Waals surface area contributed by atoms with Gasteiger partial charge >= 0.3 is 0 Å². The van der Waals surface area contributed by atoms with E-state index in [1.165, 1.54) is 19.2 Å². The van der Waals surface area contributed by atoms with Crippen molar-refractivity contribution in [2.24, 2.45) is 0 Å². The Bertz CT molecular complexity index is 909. The van der Waals surface area contributed by atoms with E-state index in [4.69, 9.17) is 16.3 Å². The van der Waals surface area contributed by atoms with E-state index in [2.05, 4.69) is 10.4 Å². The van der Waals surface area contributed by atoms with Gasteiger partial charge in [-0.2, -0.15) is 5.10 Å². The van der Waals surface area contributed by atoms with Gasteiger partial charge in [-0.1, -0.05) is 11.6 Å². The quantitative estimate of drug-likeness (QED) is 0.717. The number of ether oxygens (including phenoxy) is 1. The minimum atomic E-state index is -0.290. The highest BCUT2D eigenvalue weighted by Crippen LogP contribution is 2.20. The Kier molecular flexibility index (Phi) is 5.53.